The van der Waals surface area contributed by atoms with Crippen LogP contribution in [0.3, 0.4) is 0 Å². The van der Waals surface area contributed by atoms with Crippen molar-refractivity contribution in [3.8, 4) is 0 Å². The number of carbonyl (C=O) groups is 1. The molecule has 1 amide bonds. The number of hydrogen-bond donors (Lipinski definition) is 3. The summed E-state index contributed by atoms with van der Waals surface area (Å²) in [6, 6.07) is 14.1. The van der Waals surface area contributed by atoms with Crippen LogP contribution < -0.4 is 21.5 Å². The van der Waals surface area contributed by atoms with Crippen LogP contribution in [0.2, 0.25) is 0 Å². The van der Waals surface area contributed by atoms with Gasteiger partial charge < -0.3 is 16.0 Å². The molecule has 0 unspecified atom stereocenters. The topological polar surface area (TPSA) is 127 Å². The summed E-state index contributed by atoms with van der Waals surface area (Å²) in [7, 11) is 0. The Balaban J connectivity index is 1.36. The van der Waals surface area contributed by atoms with Crippen LogP contribution >= 0.6 is 0 Å². The second kappa shape index (κ2) is 9.69. The van der Waals surface area contributed by atoms with E-state index < -0.39 is 0 Å². The molecule has 0 spiro atoms. The minimum Gasteiger partial charge on any atom is -0.340 e. The Labute approximate surface area is 189 Å². The van der Waals surface area contributed by atoms with Crippen molar-refractivity contribution in [2.75, 3.05) is 16.0 Å². The summed E-state index contributed by atoms with van der Waals surface area (Å²) in [5.41, 5.74) is 2.82. The Morgan fingerprint density at radius 2 is 1.55 bits per heavy atom. The fourth-order valence-electron chi connectivity index (χ4n) is 3.01. The maximum Gasteiger partial charge on any atom is 0.253 e. The van der Waals surface area contributed by atoms with E-state index in [0.717, 1.165) is 11.3 Å². The number of pyridine rings is 1. The number of amides is 1. The minimum atomic E-state index is -0.320. The fraction of sp³-hybridized carbons (Fsp3) is 0.130. The van der Waals surface area contributed by atoms with Crippen LogP contribution in [0.25, 0.3) is 0 Å². The van der Waals surface area contributed by atoms with Crippen LogP contribution in [-0.4, -0.2) is 30.4 Å². The van der Waals surface area contributed by atoms with E-state index in [1.54, 1.807) is 31.3 Å². The second-order valence-corrected chi connectivity index (χ2v) is 7.38. The first kappa shape index (κ1) is 21.6. The van der Waals surface area contributed by atoms with Gasteiger partial charge in [-0.2, -0.15) is 0 Å². The predicted molar refractivity (Wildman–Crippen MR) is 126 cm³/mol. The lowest BCUT2D eigenvalue weighted by Crippen LogP contribution is -2.27. The number of aryl methyl sites for hydroxylation is 2. The zero-order valence-electron chi connectivity index (χ0n) is 18.1. The largest absolute Gasteiger partial charge is 0.340 e. The minimum absolute atomic E-state index is 0.112. The Bertz CT molecular complexity index is 1330. The molecule has 10 nitrogen and oxygen atoms in total. The highest BCUT2D eigenvalue weighted by Gasteiger charge is 2.07. The van der Waals surface area contributed by atoms with E-state index in [1.807, 2.05) is 31.2 Å². The van der Waals surface area contributed by atoms with Crippen molar-refractivity contribution < 1.29 is 4.79 Å². The van der Waals surface area contributed by atoms with Crippen molar-refractivity contribution >= 4 is 34.7 Å². The van der Waals surface area contributed by atoms with Crippen LogP contribution in [0, 0.1) is 13.8 Å². The van der Waals surface area contributed by atoms with Gasteiger partial charge in [0.15, 0.2) is 0 Å². The molecule has 4 rings (SSSR count). The second-order valence-electron chi connectivity index (χ2n) is 7.38. The maximum atomic E-state index is 12.3. The highest BCUT2D eigenvalue weighted by Crippen LogP contribution is 2.20. The van der Waals surface area contributed by atoms with Crippen molar-refractivity contribution in [2.24, 2.45) is 0 Å². The van der Waals surface area contributed by atoms with Gasteiger partial charge in [0.1, 0.15) is 30.3 Å². The molecular weight excluding hydrogens is 420 g/mol. The number of rotatable bonds is 7. The molecule has 3 aromatic heterocycles. The van der Waals surface area contributed by atoms with E-state index in [-0.39, 0.29) is 18.0 Å². The van der Waals surface area contributed by atoms with Gasteiger partial charge in [-0.05, 0) is 55.8 Å². The monoisotopic (exact) mass is 442 g/mol. The Kier molecular flexibility index (Phi) is 6.35. The van der Waals surface area contributed by atoms with Crippen LogP contribution in [0.1, 0.15) is 11.3 Å². The quantitative estimate of drug-likeness (QED) is 0.398. The molecule has 4 aromatic rings. The van der Waals surface area contributed by atoms with E-state index in [9.17, 15) is 9.59 Å². The molecule has 0 saturated carbocycles. The molecule has 1 aromatic carbocycles. The third kappa shape index (κ3) is 5.97. The number of carbonyl (C=O) groups excluding carboxylic acids is 1. The summed E-state index contributed by atoms with van der Waals surface area (Å²) in [6.07, 6.45) is 4.55. The molecular formula is C23H22N8O2. The molecule has 0 aliphatic rings. The van der Waals surface area contributed by atoms with Crippen LogP contribution in [0.15, 0.2) is 72.2 Å². The number of anilines is 5. The molecule has 0 bridgehead atoms. The van der Waals surface area contributed by atoms with Gasteiger partial charge in [0.2, 0.25) is 5.91 Å². The highest BCUT2D eigenvalue weighted by molar-refractivity contribution is 5.90. The van der Waals surface area contributed by atoms with Crippen molar-refractivity contribution in [3.63, 3.8) is 0 Å². The van der Waals surface area contributed by atoms with Gasteiger partial charge in [0, 0.05) is 35.4 Å². The summed E-state index contributed by atoms with van der Waals surface area (Å²) in [4.78, 5) is 40.9. The lowest BCUT2D eigenvalue weighted by atomic mass is 10.2. The first-order valence-corrected chi connectivity index (χ1v) is 10.2. The van der Waals surface area contributed by atoms with E-state index in [2.05, 4.69) is 35.9 Å². The lowest BCUT2D eigenvalue weighted by Gasteiger charge is -2.10. The summed E-state index contributed by atoms with van der Waals surface area (Å²) in [6.45, 7) is 3.60. The van der Waals surface area contributed by atoms with Gasteiger partial charge in [-0.15, -0.1) is 0 Å². The van der Waals surface area contributed by atoms with Crippen LogP contribution in [0.4, 0.5) is 28.8 Å². The highest BCUT2D eigenvalue weighted by atomic mass is 16.2. The molecule has 0 atom stereocenters. The normalized spacial score (nSPS) is 10.5. The maximum absolute atomic E-state index is 12.3. The number of nitrogens with one attached hydrogen (secondary N) is 3. The summed E-state index contributed by atoms with van der Waals surface area (Å²) in [5.74, 6) is 1.58. The Morgan fingerprint density at radius 3 is 2.27 bits per heavy atom. The zero-order valence-corrected chi connectivity index (χ0v) is 18.1. The third-order valence-corrected chi connectivity index (χ3v) is 4.61. The molecule has 166 valence electrons. The first-order valence-electron chi connectivity index (χ1n) is 10.2. The Morgan fingerprint density at radius 1 is 0.848 bits per heavy atom. The number of benzene rings is 1. The van der Waals surface area contributed by atoms with Gasteiger partial charge in [-0.1, -0.05) is 0 Å². The number of aromatic nitrogens is 5. The lowest BCUT2D eigenvalue weighted by molar-refractivity contribution is -0.116. The molecule has 10 heteroatoms. The van der Waals surface area contributed by atoms with Crippen molar-refractivity contribution in [1.29, 1.82) is 0 Å². The standard InChI is InChI=1S/C23H22N8O2/c1-15-7-8-24-19(9-15)30-21-11-20(25-13-26-21)28-17-3-5-18(6-4-17)29-22(32)12-31-14-27-16(2)10-23(31)33/h3-11,13-14H,12H2,1-2H3,(H,29,32)(H2,24,25,26,28,30). The van der Waals surface area contributed by atoms with E-state index in [1.165, 1.54) is 23.3 Å². The van der Waals surface area contributed by atoms with Crippen molar-refractivity contribution in [3.05, 3.63) is 89.0 Å². The predicted octanol–water partition coefficient (Wildman–Crippen LogP) is 3.17. The average molecular weight is 442 g/mol. The van der Waals surface area contributed by atoms with Crippen LogP contribution in [-0.2, 0) is 11.3 Å². The van der Waals surface area contributed by atoms with Gasteiger partial charge in [-0.3, -0.25) is 14.2 Å². The molecule has 33 heavy (non-hydrogen) atoms. The van der Waals surface area contributed by atoms with Crippen LogP contribution in [0.5, 0.6) is 0 Å². The number of nitrogens with zero attached hydrogens (tertiary/aromatic N) is 5. The van der Waals surface area contributed by atoms with E-state index in [0.29, 0.717) is 28.8 Å². The van der Waals surface area contributed by atoms with Crippen molar-refractivity contribution in [2.45, 2.75) is 20.4 Å². The van der Waals surface area contributed by atoms with Gasteiger partial charge in [0.25, 0.3) is 5.56 Å². The molecule has 0 saturated heterocycles. The molecule has 0 fully saturated rings. The van der Waals surface area contributed by atoms with Gasteiger partial charge >= 0.3 is 0 Å². The number of hydrogen-bond acceptors (Lipinski definition) is 8. The average Bonchev–Trinajstić information content (AvgIpc) is 2.77. The van der Waals surface area contributed by atoms with E-state index in [4.69, 9.17) is 0 Å². The molecule has 0 aliphatic heterocycles. The first-order chi connectivity index (χ1) is 15.9. The summed E-state index contributed by atoms with van der Waals surface area (Å²) < 4.78 is 1.26. The summed E-state index contributed by atoms with van der Waals surface area (Å²) >= 11 is 0. The van der Waals surface area contributed by atoms with E-state index >= 15 is 0 Å². The van der Waals surface area contributed by atoms with Gasteiger partial charge in [0.05, 0.1) is 6.33 Å². The van der Waals surface area contributed by atoms with Gasteiger partial charge in [-0.25, -0.2) is 19.9 Å². The molecule has 0 aliphatic carbocycles. The summed E-state index contributed by atoms with van der Waals surface area (Å²) in [5, 5.41) is 9.11. The SMILES string of the molecule is Cc1ccnc(Nc2cc(Nc3ccc(NC(=O)Cn4cnc(C)cc4=O)cc3)ncn2)c1. The molecule has 3 heterocycles. The third-order valence-electron chi connectivity index (χ3n) is 4.61. The molecule has 0 radical (unpaired) electrons. The Hall–Kier alpha value is -4.60. The molecule has 3 N–H and O–H groups in total. The fourth-order valence-corrected chi connectivity index (χ4v) is 3.01. The smallest absolute Gasteiger partial charge is 0.253 e. The van der Waals surface area contributed by atoms with Crippen molar-refractivity contribution in [1.82, 2.24) is 24.5 Å². The zero-order chi connectivity index (χ0) is 23.2.